The quantitative estimate of drug-likeness (QED) is 0.143. The molecule has 0 unspecified atom stereocenters. The van der Waals surface area contributed by atoms with Crippen molar-refractivity contribution in [1.29, 1.82) is 0 Å². The molecule has 0 aromatic heterocycles. The summed E-state index contributed by atoms with van der Waals surface area (Å²) in [6.07, 6.45) is 0. The van der Waals surface area contributed by atoms with Gasteiger partial charge >= 0.3 is 7.12 Å². The van der Waals surface area contributed by atoms with Crippen LogP contribution in [0.4, 0.5) is 34.1 Å². The Labute approximate surface area is 338 Å². The molecule has 0 aliphatic carbocycles. The minimum absolute atomic E-state index is 0.532. The number of hydrogen-bond donors (Lipinski definition) is 2. The Balaban J connectivity index is 0.000000172. The van der Waals surface area contributed by atoms with E-state index in [1.54, 1.807) is 6.07 Å². The summed E-state index contributed by atoms with van der Waals surface area (Å²) >= 11 is 3.58. The third kappa shape index (κ3) is 9.02. The Hall–Kier alpha value is -6.18. The molecule has 0 heterocycles. The lowest BCUT2D eigenvalue weighted by atomic mass is 9.76. The molecule has 0 radical (unpaired) electrons. The first-order chi connectivity index (χ1) is 27.4. The zero-order chi connectivity index (χ0) is 38.9. The van der Waals surface area contributed by atoms with Crippen molar-refractivity contribution in [3.63, 3.8) is 0 Å². The minimum atomic E-state index is -1.45. The van der Waals surface area contributed by atoms with Crippen molar-refractivity contribution >= 4 is 62.6 Å². The van der Waals surface area contributed by atoms with Crippen molar-refractivity contribution in [2.24, 2.45) is 0 Å². The number of aryl methyl sites for hydroxylation is 2. The Bertz CT molecular complexity index is 2380. The average Bonchev–Trinajstić information content (AvgIpc) is 3.24. The molecule has 0 saturated carbocycles. The molecular formula is C50H42BBrN2O2. The van der Waals surface area contributed by atoms with Crippen LogP contribution < -0.4 is 15.3 Å². The molecule has 0 saturated heterocycles. The summed E-state index contributed by atoms with van der Waals surface area (Å²) in [5.74, 6) is 0. The Morgan fingerprint density at radius 1 is 0.357 bits per heavy atom. The van der Waals surface area contributed by atoms with Crippen LogP contribution in [0.15, 0.2) is 211 Å². The topological polar surface area (TPSA) is 46.9 Å². The molecule has 0 bridgehead atoms. The molecule has 8 aromatic rings. The fourth-order valence-corrected chi connectivity index (χ4v) is 7.02. The van der Waals surface area contributed by atoms with Crippen LogP contribution in [-0.4, -0.2) is 17.2 Å². The van der Waals surface area contributed by atoms with E-state index >= 15 is 0 Å². The highest BCUT2D eigenvalue weighted by Crippen LogP contribution is 2.37. The lowest BCUT2D eigenvalue weighted by Crippen LogP contribution is -2.31. The van der Waals surface area contributed by atoms with Gasteiger partial charge < -0.3 is 19.8 Å². The van der Waals surface area contributed by atoms with Gasteiger partial charge in [0.25, 0.3) is 0 Å². The number of hydrogen-bond acceptors (Lipinski definition) is 4. The van der Waals surface area contributed by atoms with Crippen LogP contribution in [0.2, 0.25) is 0 Å². The van der Waals surface area contributed by atoms with Crippen LogP contribution in [0.1, 0.15) is 11.1 Å². The van der Waals surface area contributed by atoms with Crippen molar-refractivity contribution in [3.8, 4) is 22.3 Å². The first kappa shape index (κ1) is 38.1. The van der Waals surface area contributed by atoms with Crippen molar-refractivity contribution in [2.45, 2.75) is 13.8 Å². The first-order valence-electron chi connectivity index (χ1n) is 18.6. The maximum absolute atomic E-state index is 9.43. The monoisotopic (exact) mass is 792 g/mol. The third-order valence-electron chi connectivity index (χ3n) is 9.68. The standard InChI is InChI=1S/C25H22BNO2.C25H20BrN/c1-19-18-21(14-17-25(19)26(28)29)20-12-15-24(16-13-20)27(22-8-4-2-5-9-22)23-10-6-3-7-11-23;1-19-18-21(14-17-25(19)26)20-12-15-24(16-13-20)27(22-8-4-2-5-9-22)23-10-6-3-7-11-23/h2-18,28-29H,1H3;2-18H,1H3. The second-order valence-corrected chi connectivity index (χ2v) is 14.4. The van der Waals surface area contributed by atoms with Gasteiger partial charge in [-0.3, -0.25) is 0 Å². The van der Waals surface area contributed by atoms with Crippen molar-refractivity contribution in [3.05, 3.63) is 222 Å². The Morgan fingerprint density at radius 2 is 0.661 bits per heavy atom. The molecule has 0 aliphatic rings. The zero-order valence-electron chi connectivity index (χ0n) is 31.4. The highest BCUT2D eigenvalue weighted by atomic mass is 79.9. The lowest BCUT2D eigenvalue weighted by Gasteiger charge is -2.25. The van der Waals surface area contributed by atoms with Crippen molar-refractivity contribution in [1.82, 2.24) is 0 Å². The summed E-state index contributed by atoms with van der Waals surface area (Å²) in [4.78, 5) is 4.50. The van der Waals surface area contributed by atoms with Gasteiger partial charge in [0.05, 0.1) is 0 Å². The number of halogens is 1. The molecule has 56 heavy (non-hydrogen) atoms. The van der Waals surface area contributed by atoms with Gasteiger partial charge in [0.2, 0.25) is 0 Å². The molecule has 6 heteroatoms. The summed E-state index contributed by atoms with van der Waals surface area (Å²) in [7, 11) is -1.45. The van der Waals surface area contributed by atoms with E-state index in [1.165, 1.54) is 16.7 Å². The maximum atomic E-state index is 9.43. The summed E-state index contributed by atoms with van der Waals surface area (Å²) < 4.78 is 1.14. The molecule has 0 amide bonds. The van der Waals surface area contributed by atoms with Crippen LogP contribution in [0.25, 0.3) is 22.3 Å². The SMILES string of the molecule is Cc1cc(-c2ccc(N(c3ccccc3)c3ccccc3)cc2)ccc1B(O)O.Cc1cc(-c2ccc(N(c3ccccc3)c3ccccc3)cc2)ccc1Br. The van der Waals surface area contributed by atoms with Gasteiger partial charge in [-0.15, -0.1) is 0 Å². The van der Waals surface area contributed by atoms with Crippen LogP contribution in [0.5, 0.6) is 0 Å². The molecule has 0 fully saturated rings. The van der Waals surface area contributed by atoms with Gasteiger partial charge in [0.15, 0.2) is 0 Å². The Kier molecular flexibility index (Phi) is 12.2. The van der Waals surface area contributed by atoms with Crippen LogP contribution >= 0.6 is 15.9 Å². The average molecular weight is 794 g/mol. The van der Waals surface area contributed by atoms with E-state index in [-0.39, 0.29) is 0 Å². The largest absolute Gasteiger partial charge is 0.488 e. The van der Waals surface area contributed by atoms with Crippen molar-refractivity contribution < 1.29 is 10.0 Å². The predicted octanol–water partition coefficient (Wildman–Crippen LogP) is 12.7. The summed E-state index contributed by atoms with van der Waals surface area (Å²) in [5, 5.41) is 18.9. The number of nitrogens with zero attached hydrogens (tertiary/aromatic N) is 2. The molecule has 8 rings (SSSR count). The van der Waals surface area contributed by atoms with E-state index in [1.807, 2.05) is 67.6 Å². The van der Waals surface area contributed by atoms with Crippen LogP contribution in [0, 0.1) is 13.8 Å². The summed E-state index contributed by atoms with van der Waals surface area (Å²) in [6.45, 7) is 4.01. The maximum Gasteiger partial charge on any atom is 0.488 e. The van der Waals surface area contributed by atoms with Crippen LogP contribution in [-0.2, 0) is 0 Å². The molecule has 4 nitrogen and oxygen atoms in total. The molecule has 0 aliphatic heterocycles. The van der Waals surface area contributed by atoms with E-state index in [9.17, 15) is 10.0 Å². The number of para-hydroxylation sites is 4. The fourth-order valence-electron chi connectivity index (χ4n) is 6.78. The van der Waals surface area contributed by atoms with Crippen molar-refractivity contribution in [2.75, 3.05) is 9.80 Å². The highest BCUT2D eigenvalue weighted by Gasteiger charge is 2.16. The minimum Gasteiger partial charge on any atom is -0.423 e. The normalized spacial score (nSPS) is 10.6. The van der Waals surface area contributed by atoms with E-state index in [0.717, 1.165) is 55.3 Å². The molecular weight excluding hydrogens is 751 g/mol. The third-order valence-corrected chi connectivity index (χ3v) is 10.6. The number of rotatable bonds is 9. The summed E-state index contributed by atoms with van der Waals surface area (Å²) in [6, 6.07) is 70.9. The van der Waals surface area contributed by atoms with Gasteiger partial charge in [0, 0.05) is 38.6 Å². The second-order valence-electron chi connectivity index (χ2n) is 13.5. The number of benzene rings is 8. The molecule has 0 atom stereocenters. The van der Waals surface area contributed by atoms with Crippen LogP contribution in [0.3, 0.4) is 0 Å². The van der Waals surface area contributed by atoms with E-state index in [2.05, 4.69) is 172 Å². The molecule has 0 spiro atoms. The van der Waals surface area contributed by atoms with E-state index in [4.69, 9.17) is 0 Å². The second kappa shape index (κ2) is 18.0. The zero-order valence-corrected chi connectivity index (χ0v) is 33.0. The van der Waals surface area contributed by atoms with Gasteiger partial charge in [0.1, 0.15) is 0 Å². The van der Waals surface area contributed by atoms with Gasteiger partial charge in [-0.25, -0.2) is 0 Å². The molecule has 274 valence electrons. The summed E-state index contributed by atoms with van der Waals surface area (Å²) in [5.41, 5.74) is 13.9. The predicted molar refractivity (Wildman–Crippen MR) is 240 cm³/mol. The van der Waals surface area contributed by atoms with Gasteiger partial charge in [-0.05, 0) is 126 Å². The molecule has 8 aromatic carbocycles. The fraction of sp³-hybridized carbons (Fsp3) is 0.0400. The number of anilines is 6. The Morgan fingerprint density at radius 3 is 0.982 bits per heavy atom. The van der Waals surface area contributed by atoms with Gasteiger partial charge in [-0.1, -0.05) is 149 Å². The van der Waals surface area contributed by atoms with Gasteiger partial charge in [-0.2, -0.15) is 0 Å². The molecule has 2 N–H and O–H groups in total. The first-order valence-corrected chi connectivity index (χ1v) is 19.4. The smallest absolute Gasteiger partial charge is 0.423 e. The lowest BCUT2D eigenvalue weighted by molar-refractivity contribution is 0.425. The van der Waals surface area contributed by atoms with E-state index < -0.39 is 7.12 Å². The highest BCUT2D eigenvalue weighted by molar-refractivity contribution is 9.10. The van der Waals surface area contributed by atoms with E-state index in [0.29, 0.717) is 5.46 Å².